The van der Waals surface area contributed by atoms with E-state index in [1.54, 1.807) is 0 Å². The Hall–Kier alpha value is -3.78. The van der Waals surface area contributed by atoms with Crippen LogP contribution in [0.5, 0.6) is 0 Å². The molecule has 1 amide bonds. The number of benzene rings is 2. The number of carbonyl (C=O) groups is 1. The van der Waals surface area contributed by atoms with Crippen LogP contribution in [0.15, 0.2) is 54.7 Å². The van der Waals surface area contributed by atoms with Gasteiger partial charge >= 0.3 is 0 Å². The van der Waals surface area contributed by atoms with Crippen LogP contribution in [0.3, 0.4) is 0 Å². The second kappa shape index (κ2) is 8.39. The lowest BCUT2D eigenvalue weighted by Crippen LogP contribution is -2.36. The Morgan fingerprint density at radius 3 is 2.72 bits per heavy atom. The predicted octanol–water partition coefficient (Wildman–Crippen LogP) is 3.90. The number of nitrogens with one attached hydrogen (secondary N) is 4. The van der Waals surface area contributed by atoms with Gasteiger partial charge in [0.15, 0.2) is 0 Å². The second-order valence-corrected chi connectivity index (χ2v) is 8.39. The van der Waals surface area contributed by atoms with E-state index in [2.05, 4.69) is 37.8 Å². The predicted molar refractivity (Wildman–Crippen MR) is 129 cm³/mol. The third-order valence-corrected chi connectivity index (χ3v) is 6.09. The number of hydrogen-bond donors (Lipinski definition) is 5. The Kier molecular flexibility index (Phi) is 5.28. The SMILES string of the molecule is CN1CCC(Nc2ccc(C(=O)Nc3cc(-c4c[nH]c5c(N)cccc45)n[nH]3)cc2)CC1. The number of fused-ring (bicyclic) bond motifs is 1. The minimum absolute atomic E-state index is 0.186. The van der Waals surface area contributed by atoms with Gasteiger partial charge in [-0.2, -0.15) is 5.10 Å². The monoisotopic (exact) mass is 429 g/mol. The molecule has 164 valence electrons. The van der Waals surface area contributed by atoms with Gasteiger partial charge in [0.2, 0.25) is 0 Å². The number of piperidine rings is 1. The van der Waals surface area contributed by atoms with Crippen LogP contribution in [0.2, 0.25) is 0 Å². The maximum Gasteiger partial charge on any atom is 0.256 e. The van der Waals surface area contributed by atoms with Gasteiger partial charge in [0, 0.05) is 40.5 Å². The number of aromatic nitrogens is 3. The van der Waals surface area contributed by atoms with Crippen molar-refractivity contribution in [1.29, 1.82) is 0 Å². The first-order chi connectivity index (χ1) is 15.6. The second-order valence-electron chi connectivity index (χ2n) is 8.39. The number of anilines is 3. The Morgan fingerprint density at radius 2 is 1.94 bits per heavy atom. The third kappa shape index (κ3) is 4.04. The van der Waals surface area contributed by atoms with Gasteiger partial charge in [0.1, 0.15) is 5.82 Å². The molecule has 0 unspecified atom stereocenters. The summed E-state index contributed by atoms with van der Waals surface area (Å²) in [4.78, 5) is 18.2. The Balaban J connectivity index is 1.24. The first kappa shape index (κ1) is 20.1. The van der Waals surface area contributed by atoms with E-state index in [-0.39, 0.29) is 5.91 Å². The summed E-state index contributed by atoms with van der Waals surface area (Å²) in [5.41, 5.74) is 10.9. The molecule has 0 spiro atoms. The number of H-pyrrole nitrogens is 2. The van der Waals surface area contributed by atoms with Crippen LogP contribution in [-0.2, 0) is 0 Å². The van der Waals surface area contributed by atoms with Crippen molar-refractivity contribution in [2.75, 3.05) is 36.5 Å². The summed E-state index contributed by atoms with van der Waals surface area (Å²) < 4.78 is 0. The summed E-state index contributed by atoms with van der Waals surface area (Å²) >= 11 is 0. The Morgan fingerprint density at radius 1 is 1.16 bits per heavy atom. The average molecular weight is 430 g/mol. The van der Waals surface area contributed by atoms with E-state index in [9.17, 15) is 4.79 Å². The number of likely N-dealkylation sites (tertiary alicyclic amines) is 1. The van der Waals surface area contributed by atoms with E-state index in [1.807, 2.05) is 54.7 Å². The molecule has 0 radical (unpaired) electrons. The van der Waals surface area contributed by atoms with Gasteiger partial charge in [-0.1, -0.05) is 12.1 Å². The fourth-order valence-corrected chi connectivity index (χ4v) is 4.21. The zero-order valence-corrected chi connectivity index (χ0v) is 18.0. The fraction of sp³-hybridized carbons (Fsp3) is 0.250. The first-order valence-corrected chi connectivity index (χ1v) is 10.8. The Bertz CT molecular complexity index is 1230. The number of carbonyl (C=O) groups excluding carboxylic acids is 1. The summed E-state index contributed by atoms with van der Waals surface area (Å²) in [5.74, 6) is 0.353. The van der Waals surface area contributed by atoms with Gasteiger partial charge in [-0.05, 0) is 63.3 Å². The van der Waals surface area contributed by atoms with Gasteiger partial charge in [0.05, 0.1) is 16.9 Å². The molecule has 0 saturated carbocycles. The number of rotatable bonds is 5. The maximum atomic E-state index is 12.7. The molecule has 6 N–H and O–H groups in total. The van der Waals surface area contributed by atoms with Gasteiger partial charge in [-0.15, -0.1) is 0 Å². The molecule has 1 aliphatic rings. The minimum atomic E-state index is -0.186. The topological polar surface area (TPSA) is 115 Å². The van der Waals surface area contributed by atoms with Crippen molar-refractivity contribution in [2.24, 2.45) is 0 Å². The first-order valence-electron chi connectivity index (χ1n) is 10.8. The lowest BCUT2D eigenvalue weighted by atomic mass is 10.0. The molecule has 1 aliphatic heterocycles. The van der Waals surface area contributed by atoms with Crippen molar-refractivity contribution in [2.45, 2.75) is 18.9 Å². The molecule has 5 rings (SSSR count). The van der Waals surface area contributed by atoms with Crippen molar-refractivity contribution in [1.82, 2.24) is 20.1 Å². The summed E-state index contributed by atoms with van der Waals surface area (Å²) in [6.07, 6.45) is 4.13. The van der Waals surface area contributed by atoms with Crippen LogP contribution in [-0.4, -0.2) is 52.2 Å². The van der Waals surface area contributed by atoms with Crippen molar-refractivity contribution in [3.05, 3.63) is 60.3 Å². The van der Waals surface area contributed by atoms with Crippen LogP contribution >= 0.6 is 0 Å². The summed E-state index contributed by atoms with van der Waals surface area (Å²) in [7, 11) is 2.16. The normalized spacial score (nSPS) is 15.2. The standard InChI is InChI=1S/C24H27N7O/c1-31-11-9-17(10-12-31)27-16-7-5-15(6-8-16)24(32)28-22-13-21(29-30-22)19-14-26-23-18(19)3-2-4-20(23)25/h2-8,13-14,17,26-27H,9-12,25H2,1H3,(H2,28,29,30,32). The highest BCUT2D eigenvalue weighted by molar-refractivity contribution is 6.05. The number of nitrogens with zero attached hydrogens (tertiary/aromatic N) is 2. The smallest absolute Gasteiger partial charge is 0.256 e. The molecule has 0 bridgehead atoms. The lowest BCUT2D eigenvalue weighted by Gasteiger charge is -2.30. The van der Waals surface area contributed by atoms with E-state index < -0.39 is 0 Å². The van der Waals surface area contributed by atoms with Crippen LogP contribution < -0.4 is 16.4 Å². The summed E-state index contributed by atoms with van der Waals surface area (Å²) in [5, 5.41) is 14.7. The van der Waals surface area contributed by atoms with E-state index >= 15 is 0 Å². The minimum Gasteiger partial charge on any atom is -0.397 e. The molecule has 1 fully saturated rings. The molecule has 0 aliphatic carbocycles. The quantitative estimate of drug-likeness (QED) is 0.309. The van der Waals surface area contributed by atoms with E-state index in [0.29, 0.717) is 23.1 Å². The number of nitrogen functional groups attached to an aromatic ring is 1. The third-order valence-electron chi connectivity index (χ3n) is 6.09. The molecule has 32 heavy (non-hydrogen) atoms. The van der Waals surface area contributed by atoms with Crippen molar-refractivity contribution < 1.29 is 4.79 Å². The Labute approximate surface area is 186 Å². The van der Waals surface area contributed by atoms with E-state index in [1.165, 1.54) is 0 Å². The summed E-state index contributed by atoms with van der Waals surface area (Å²) in [6.45, 7) is 2.21. The zero-order valence-electron chi connectivity index (χ0n) is 18.0. The largest absolute Gasteiger partial charge is 0.397 e. The number of para-hydroxylation sites is 1. The molecule has 8 heteroatoms. The lowest BCUT2D eigenvalue weighted by molar-refractivity contribution is 0.102. The maximum absolute atomic E-state index is 12.7. The molecule has 4 aromatic rings. The van der Waals surface area contributed by atoms with Gasteiger partial charge in [-0.3, -0.25) is 9.89 Å². The van der Waals surface area contributed by atoms with Crippen LogP contribution in [0.4, 0.5) is 17.2 Å². The molecule has 2 aromatic carbocycles. The highest BCUT2D eigenvalue weighted by atomic mass is 16.1. The average Bonchev–Trinajstić information content (AvgIpc) is 3.43. The fourth-order valence-electron chi connectivity index (χ4n) is 4.21. The highest BCUT2D eigenvalue weighted by Gasteiger charge is 2.17. The number of nitrogens with two attached hydrogens (primary N) is 1. The number of hydrogen-bond acceptors (Lipinski definition) is 5. The van der Waals surface area contributed by atoms with Gasteiger partial charge in [0.25, 0.3) is 5.91 Å². The molecule has 8 nitrogen and oxygen atoms in total. The van der Waals surface area contributed by atoms with Crippen molar-refractivity contribution in [3.63, 3.8) is 0 Å². The molecule has 3 heterocycles. The van der Waals surface area contributed by atoms with Crippen LogP contribution in [0.1, 0.15) is 23.2 Å². The van der Waals surface area contributed by atoms with Crippen LogP contribution in [0, 0.1) is 0 Å². The van der Waals surface area contributed by atoms with Crippen LogP contribution in [0.25, 0.3) is 22.2 Å². The molecule has 0 atom stereocenters. The number of aromatic amines is 2. The zero-order chi connectivity index (χ0) is 22.1. The van der Waals surface area contributed by atoms with Gasteiger partial charge < -0.3 is 26.3 Å². The molecule has 2 aromatic heterocycles. The van der Waals surface area contributed by atoms with E-state index in [0.717, 1.165) is 53.8 Å². The molecular formula is C24H27N7O. The molecule has 1 saturated heterocycles. The summed E-state index contributed by atoms with van der Waals surface area (Å²) in [6, 6.07) is 15.7. The highest BCUT2D eigenvalue weighted by Crippen LogP contribution is 2.31. The van der Waals surface area contributed by atoms with Crippen molar-refractivity contribution >= 4 is 34.0 Å². The van der Waals surface area contributed by atoms with Crippen molar-refractivity contribution in [3.8, 4) is 11.3 Å². The number of amides is 1. The van der Waals surface area contributed by atoms with Gasteiger partial charge in [-0.25, -0.2) is 0 Å². The van der Waals surface area contributed by atoms with E-state index in [4.69, 9.17) is 5.73 Å². The molecular weight excluding hydrogens is 402 g/mol.